The first-order valence-electron chi connectivity index (χ1n) is 8.33. The quantitative estimate of drug-likeness (QED) is 0.668. The smallest absolute Gasteiger partial charge is 0.318 e. The maximum Gasteiger partial charge on any atom is 0.318 e. The molecular weight excluding hydrogens is 454 g/mol. The summed E-state index contributed by atoms with van der Waals surface area (Å²) in [6.07, 6.45) is 1.47. The molecule has 0 radical (unpaired) electrons. The number of primary amides is 1. The van der Waals surface area contributed by atoms with Crippen LogP contribution in [0.5, 0.6) is 0 Å². The molecule has 0 fully saturated rings. The number of hydrogen-bond acceptors (Lipinski definition) is 5. The van der Waals surface area contributed by atoms with Gasteiger partial charge in [0, 0.05) is 0 Å². The molecule has 0 aromatic heterocycles. The fourth-order valence-corrected chi connectivity index (χ4v) is 3.61. The van der Waals surface area contributed by atoms with Crippen molar-refractivity contribution in [2.75, 3.05) is 10.7 Å². The Morgan fingerprint density at radius 3 is 2.60 bits per heavy atom. The number of carbonyl (C=O) groups is 3. The third-order valence-corrected chi connectivity index (χ3v) is 5.44. The second kappa shape index (κ2) is 9.29. The molecule has 1 heterocycles. The van der Waals surface area contributed by atoms with Crippen molar-refractivity contribution >= 4 is 69.7 Å². The van der Waals surface area contributed by atoms with Gasteiger partial charge in [-0.1, -0.05) is 53.2 Å². The average Bonchev–Trinajstić information content (AvgIpc) is 2.98. The lowest BCUT2D eigenvalue weighted by molar-refractivity contribution is -0.117. The molecule has 0 saturated carbocycles. The number of nitrogens with zero attached hydrogens (tertiary/aromatic N) is 2. The van der Waals surface area contributed by atoms with Crippen LogP contribution < -0.4 is 16.0 Å². The van der Waals surface area contributed by atoms with Crippen LogP contribution in [-0.2, 0) is 9.59 Å². The lowest BCUT2D eigenvalue weighted by atomic mass is 10.2. The standard InChI is InChI=1S/C19H13Cl2FN4O3S/c20-11-6-5-10(7-12(11)21)8-14-17(28)26(15-4-2-1-3-13(15)22)19(24-14)30-9-16(27)25-18(23)29/h1-8H,9H2,(H3,23,25,27,29)/b14-8-. The second-order valence-electron chi connectivity index (χ2n) is 5.89. The predicted octanol–water partition coefficient (Wildman–Crippen LogP) is 3.80. The molecule has 4 amide bonds. The van der Waals surface area contributed by atoms with E-state index >= 15 is 0 Å². The number of thioether (sulfide) groups is 1. The van der Waals surface area contributed by atoms with Crippen LogP contribution in [-0.4, -0.2) is 28.8 Å². The molecule has 0 unspecified atom stereocenters. The Morgan fingerprint density at radius 2 is 1.93 bits per heavy atom. The number of halogens is 3. The van der Waals surface area contributed by atoms with Crippen LogP contribution in [0.25, 0.3) is 6.08 Å². The Labute approximate surface area is 184 Å². The summed E-state index contributed by atoms with van der Waals surface area (Å²) in [5.41, 5.74) is 5.45. The molecule has 0 spiro atoms. The Kier molecular flexibility index (Phi) is 6.76. The highest BCUT2D eigenvalue weighted by molar-refractivity contribution is 8.14. The Balaban J connectivity index is 1.95. The molecule has 7 nitrogen and oxygen atoms in total. The van der Waals surface area contributed by atoms with Gasteiger partial charge >= 0.3 is 6.03 Å². The van der Waals surface area contributed by atoms with Crippen molar-refractivity contribution in [3.05, 3.63) is 69.6 Å². The van der Waals surface area contributed by atoms with Crippen molar-refractivity contribution in [2.45, 2.75) is 0 Å². The predicted molar refractivity (Wildman–Crippen MR) is 116 cm³/mol. The summed E-state index contributed by atoms with van der Waals surface area (Å²) in [6, 6.07) is 9.42. The highest BCUT2D eigenvalue weighted by Crippen LogP contribution is 2.31. The second-order valence-corrected chi connectivity index (χ2v) is 7.65. The van der Waals surface area contributed by atoms with Crippen LogP contribution in [0.15, 0.2) is 53.2 Å². The number of hydrogen-bond donors (Lipinski definition) is 2. The molecule has 2 aromatic rings. The number of nitrogens with one attached hydrogen (secondary N) is 1. The van der Waals surface area contributed by atoms with E-state index in [0.29, 0.717) is 15.6 Å². The molecule has 0 saturated heterocycles. The molecule has 2 aromatic carbocycles. The largest absolute Gasteiger partial charge is 0.351 e. The van der Waals surface area contributed by atoms with Gasteiger partial charge in [0.1, 0.15) is 11.5 Å². The summed E-state index contributed by atoms with van der Waals surface area (Å²) in [5, 5.41) is 2.62. The highest BCUT2D eigenvalue weighted by atomic mass is 35.5. The van der Waals surface area contributed by atoms with Crippen molar-refractivity contribution in [3.63, 3.8) is 0 Å². The normalized spacial score (nSPS) is 14.8. The van der Waals surface area contributed by atoms with Gasteiger partial charge in [-0.25, -0.2) is 14.2 Å². The molecule has 154 valence electrons. The first kappa shape index (κ1) is 21.8. The molecule has 3 N–H and O–H groups in total. The van der Waals surface area contributed by atoms with E-state index in [1.807, 2.05) is 5.32 Å². The lowest BCUT2D eigenvalue weighted by Gasteiger charge is -2.18. The number of amides is 4. The zero-order valence-corrected chi connectivity index (χ0v) is 17.4. The van der Waals surface area contributed by atoms with Gasteiger partial charge in [-0.2, -0.15) is 0 Å². The van der Waals surface area contributed by atoms with Gasteiger partial charge in [0.2, 0.25) is 5.91 Å². The molecule has 30 heavy (non-hydrogen) atoms. The topological polar surface area (TPSA) is 105 Å². The number of rotatable bonds is 4. The molecule has 0 bridgehead atoms. The molecule has 0 aliphatic carbocycles. The number of urea groups is 1. The minimum absolute atomic E-state index is 0.00875. The Bertz CT molecular complexity index is 1110. The third-order valence-electron chi connectivity index (χ3n) is 3.76. The van der Waals surface area contributed by atoms with Gasteiger partial charge in [0.25, 0.3) is 5.91 Å². The van der Waals surface area contributed by atoms with Gasteiger partial charge in [-0.3, -0.25) is 19.8 Å². The van der Waals surface area contributed by atoms with Crippen LogP contribution in [0.2, 0.25) is 10.0 Å². The van der Waals surface area contributed by atoms with E-state index in [1.165, 1.54) is 24.3 Å². The summed E-state index contributed by atoms with van der Waals surface area (Å²) in [5.74, 6) is -2.18. The van der Waals surface area contributed by atoms with Crippen LogP contribution in [0.3, 0.4) is 0 Å². The zero-order valence-electron chi connectivity index (χ0n) is 15.1. The highest BCUT2D eigenvalue weighted by Gasteiger charge is 2.34. The number of anilines is 1. The van der Waals surface area contributed by atoms with Gasteiger partial charge in [-0.15, -0.1) is 0 Å². The van der Waals surface area contributed by atoms with E-state index in [0.717, 1.165) is 16.7 Å². The van der Waals surface area contributed by atoms with E-state index in [2.05, 4.69) is 4.99 Å². The third kappa shape index (κ3) is 4.99. The van der Waals surface area contributed by atoms with Gasteiger partial charge in [0.05, 0.1) is 21.5 Å². The maximum atomic E-state index is 14.4. The minimum atomic E-state index is -1.00. The van der Waals surface area contributed by atoms with Crippen LogP contribution >= 0.6 is 35.0 Å². The van der Waals surface area contributed by atoms with Gasteiger partial charge in [0.15, 0.2) is 5.17 Å². The molecule has 0 atom stereocenters. The number of aliphatic imine (C=N–C) groups is 1. The molecule has 11 heteroatoms. The van der Waals surface area contributed by atoms with E-state index in [1.54, 1.807) is 24.3 Å². The number of nitrogens with two attached hydrogens (primary N) is 1. The molecule has 1 aliphatic rings. The summed E-state index contributed by atoms with van der Waals surface area (Å²) < 4.78 is 14.4. The Morgan fingerprint density at radius 1 is 1.20 bits per heavy atom. The van der Waals surface area contributed by atoms with Crippen molar-refractivity contribution in [1.82, 2.24) is 5.32 Å². The SMILES string of the molecule is NC(=O)NC(=O)CSC1=N/C(=C\c2ccc(Cl)c(Cl)c2)C(=O)N1c1ccccc1F. The zero-order chi connectivity index (χ0) is 21.8. The lowest BCUT2D eigenvalue weighted by Crippen LogP contribution is -2.37. The number of para-hydroxylation sites is 1. The van der Waals surface area contributed by atoms with Crippen molar-refractivity contribution in [2.24, 2.45) is 10.7 Å². The summed E-state index contributed by atoms with van der Waals surface area (Å²) in [7, 11) is 0. The Hall–Kier alpha value is -2.88. The van der Waals surface area contributed by atoms with Crippen LogP contribution in [0, 0.1) is 5.82 Å². The van der Waals surface area contributed by atoms with Crippen molar-refractivity contribution < 1.29 is 18.8 Å². The summed E-state index contributed by atoms with van der Waals surface area (Å²) in [4.78, 5) is 40.8. The fourth-order valence-electron chi connectivity index (χ4n) is 2.50. The first-order chi connectivity index (χ1) is 14.3. The average molecular weight is 467 g/mol. The van der Waals surface area contributed by atoms with E-state index in [9.17, 15) is 18.8 Å². The van der Waals surface area contributed by atoms with Crippen molar-refractivity contribution in [1.29, 1.82) is 0 Å². The van der Waals surface area contributed by atoms with E-state index < -0.39 is 23.7 Å². The molecule has 1 aliphatic heterocycles. The van der Waals surface area contributed by atoms with E-state index in [4.69, 9.17) is 28.9 Å². The van der Waals surface area contributed by atoms with Gasteiger partial charge in [-0.05, 0) is 35.9 Å². The number of amidine groups is 1. The molecular formula is C19H13Cl2FN4O3S. The molecule has 3 rings (SSSR count). The monoisotopic (exact) mass is 466 g/mol. The van der Waals surface area contributed by atoms with E-state index in [-0.39, 0.29) is 22.3 Å². The number of carbonyl (C=O) groups excluding carboxylic acids is 3. The number of benzene rings is 2. The summed E-state index contributed by atoms with van der Waals surface area (Å²) >= 11 is 12.8. The van der Waals surface area contributed by atoms with Crippen molar-refractivity contribution in [3.8, 4) is 0 Å². The first-order valence-corrected chi connectivity index (χ1v) is 10.1. The minimum Gasteiger partial charge on any atom is -0.351 e. The number of imide groups is 1. The maximum absolute atomic E-state index is 14.4. The fraction of sp³-hybridized carbons (Fsp3) is 0.0526. The van der Waals surface area contributed by atoms with Crippen LogP contribution in [0.1, 0.15) is 5.56 Å². The van der Waals surface area contributed by atoms with Crippen LogP contribution in [0.4, 0.5) is 14.9 Å². The summed E-state index contributed by atoms with van der Waals surface area (Å²) in [6.45, 7) is 0. The van der Waals surface area contributed by atoms with Gasteiger partial charge < -0.3 is 5.73 Å².